The highest BCUT2D eigenvalue weighted by Gasteiger charge is 2.68. The number of carbonyl (C=O) groups is 3. The molecular formula is C25H15ClN2O5. The van der Waals surface area contributed by atoms with Crippen molar-refractivity contribution in [1.29, 1.82) is 0 Å². The molecule has 3 aromatic carbocycles. The summed E-state index contributed by atoms with van der Waals surface area (Å²) in [7, 11) is 0. The smallest absolute Gasteiger partial charge is 0.289 e. The van der Waals surface area contributed by atoms with Gasteiger partial charge < -0.3 is 4.79 Å². The van der Waals surface area contributed by atoms with E-state index in [2.05, 4.69) is 0 Å². The highest BCUT2D eigenvalue weighted by molar-refractivity contribution is 6.33. The maximum absolute atomic E-state index is 13.8. The number of aldehydes is 1. The van der Waals surface area contributed by atoms with Gasteiger partial charge in [-0.25, -0.2) is 4.90 Å². The molecule has 0 aromatic heterocycles. The van der Waals surface area contributed by atoms with E-state index in [0.29, 0.717) is 0 Å². The third-order valence-corrected chi connectivity index (χ3v) is 7.57. The topological polar surface area (TPSA) is 97.6 Å². The van der Waals surface area contributed by atoms with Crippen molar-refractivity contribution < 1.29 is 19.3 Å². The number of imide groups is 1. The lowest BCUT2D eigenvalue weighted by Gasteiger charge is -2.51. The fourth-order valence-corrected chi connectivity index (χ4v) is 6.25. The summed E-state index contributed by atoms with van der Waals surface area (Å²) in [6.07, 6.45) is 0.788. The lowest BCUT2D eigenvalue weighted by atomic mass is 9.48. The van der Waals surface area contributed by atoms with Gasteiger partial charge in [-0.15, -0.1) is 0 Å². The second kappa shape index (κ2) is 6.59. The summed E-state index contributed by atoms with van der Waals surface area (Å²) in [5.41, 5.74) is 1.54. The minimum absolute atomic E-state index is 0.0732. The van der Waals surface area contributed by atoms with Gasteiger partial charge in [0.1, 0.15) is 11.3 Å². The number of benzene rings is 3. The SMILES string of the molecule is O=CC12c3ccccc3C(c3ccccc31)[C@H]1C(=O)N(c3ccc(Cl)c([N+](=O)[O-])c3)C(=O)[C@@H]12. The van der Waals surface area contributed by atoms with Crippen LogP contribution in [0.2, 0.25) is 5.02 Å². The van der Waals surface area contributed by atoms with Crippen LogP contribution in [0.5, 0.6) is 0 Å². The molecule has 1 aliphatic heterocycles. The predicted molar refractivity (Wildman–Crippen MR) is 119 cm³/mol. The van der Waals surface area contributed by atoms with E-state index in [0.717, 1.165) is 39.5 Å². The minimum atomic E-state index is -1.31. The molecule has 0 N–H and O–H groups in total. The number of carbonyl (C=O) groups excluding carboxylic acids is 3. The van der Waals surface area contributed by atoms with E-state index in [4.69, 9.17) is 11.6 Å². The van der Waals surface area contributed by atoms with Crippen molar-refractivity contribution in [2.45, 2.75) is 11.3 Å². The molecule has 7 rings (SSSR count). The Hall–Kier alpha value is -3.84. The summed E-state index contributed by atoms with van der Waals surface area (Å²) < 4.78 is 0. The molecule has 1 fully saturated rings. The molecule has 0 unspecified atom stereocenters. The fourth-order valence-electron chi connectivity index (χ4n) is 6.07. The first kappa shape index (κ1) is 19.8. The molecule has 2 amide bonds. The van der Waals surface area contributed by atoms with Gasteiger partial charge >= 0.3 is 0 Å². The van der Waals surface area contributed by atoms with Crippen LogP contribution in [0.4, 0.5) is 11.4 Å². The standard InChI is InChI=1S/C25H15ClN2O5/c26-18-10-9-13(11-19(18)28(32)33)27-23(30)21-20-14-5-1-3-7-16(14)25(12-29,22(21)24(27)31)17-8-4-2-6-15(17)20/h1-12,20-22H/t20?,21-,22-,25?/m1/s1. The van der Waals surface area contributed by atoms with Gasteiger partial charge in [-0.1, -0.05) is 60.1 Å². The summed E-state index contributed by atoms with van der Waals surface area (Å²) in [5.74, 6) is -3.13. The molecule has 1 saturated heterocycles. The summed E-state index contributed by atoms with van der Waals surface area (Å²) >= 11 is 5.94. The van der Waals surface area contributed by atoms with Crippen molar-refractivity contribution in [2.24, 2.45) is 11.8 Å². The van der Waals surface area contributed by atoms with Gasteiger partial charge in [0.05, 0.1) is 27.9 Å². The number of halogens is 1. The van der Waals surface area contributed by atoms with Crippen LogP contribution in [0.1, 0.15) is 28.2 Å². The third-order valence-electron chi connectivity index (χ3n) is 7.25. The van der Waals surface area contributed by atoms with Gasteiger partial charge in [0.2, 0.25) is 11.8 Å². The quantitative estimate of drug-likeness (QED) is 0.256. The van der Waals surface area contributed by atoms with E-state index in [1.807, 2.05) is 48.5 Å². The molecule has 8 heteroatoms. The van der Waals surface area contributed by atoms with Crippen molar-refractivity contribution in [1.82, 2.24) is 0 Å². The molecule has 162 valence electrons. The maximum Gasteiger partial charge on any atom is 0.289 e. The number of hydrogen-bond acceptors (Lipinski definition) is 5. The molecule has 7 nitrogen and oxygen atoms in total. The van der Waals surface area contributed by atoms with Gasteiger partial charge in [0.15, 0.2) is 0 Å². The molecule has 0 radical (unpaired) electrons. The summed E-state index contributed by atoms with van der Waals surface area (Å²) in [6.45, 7) is 0. The Kier molecular flexibility index (Phi) is 3.95. The fraction of sp³-hybridized carbons (Fsp3) is 0.160. The van der Waals surface area contributed by atoms with Gasteiger partial charge in [-0.3, -0.25) is 19.7 Å². The van der Waals surface area contributed by atoms with Crippen LogP contribution in [0, 0.1) is 22.0 Å². The number of nitro benzene ring substituents is 1. The van der Waals surface area contributed by atoms with Crippen molar-refractivity contribution in [3.63, 3.8) is 0 Å². The van der Waals surface area contributed by atoms with Crippen LogP contribution in [-0.2, 0) is 19.8 Å². The van der Waals surface area contributed by atoms with Crippen molar-refractivity contribution in [3.05, 3.63) is 104 Å². The molecule has 3 aliphatic carbocycles. The van der Waals surface area contributed by atoms with Crippen molar-refractivity contribution in [2.75, 3.05) is 4.90 Å². The zero-order chi connectivity index (χ0) is 23.1. The van der Waals surface area contributed by atoms with Gasteiger partial charge in [0, 0.05) is 12.0 Å². The van der Waals surface area contributed by atoms with E-state index >= 15 is 0 Å². The van der Waals surface area contributed by atoms with Gasteiger partial charge in [-0.05, 0) is 34.4 Å². The number of nitro groups is 1. The Balaban J connectivity index is 1.61. The molecular weight excluding hydrogens is 444 g/mol. The zero-order valence-electron chi connectivity index (χ0n) is 17.0. The molecule has 3 aromatic rings. The number of nitrogens with zero attached hydrogens (tertiary/aromatic N) is 2. The van der Waals surface area contributed by atoms with Gasteiger partial charge in [-0.2, -0.15) is 0 Å². The average molecular weight is 459 g/mol. The Labute approximate surface area is 192 Å². The average Bonchev–Trinajstić information content (AvgIpc) is 3.10. The number of rotatable bonds is 3. The largest absolute Gasteiger partial charge is 0.302 e. The Bertz CT molecular complexity index is 1370. The molecule has 4 aliphatic rings. The Morgan fingerprint density at radius 1 is 0.939 bits per heavy atom. The summed E-state index contributed by atoms with van der Waals surface area (Å²) in [4.78, 5) is 52.2. The second-order valence-electron chi connectivity index (χ2n) is 8.55. The van der Waals surface area contributed by atoms with E-state index in [1.165, 1.54) is 12.1 Å². The molecule has 33 heavy (non-hydrogen) atoms. The zero-order valence-corrected chi connectivity index (χ0v) is 17.7. The molecule has 1 heterocycles. The van der Waals surface area contributed by atoms with Crippen LogP contribution in [0.25, 0.3) is 0 Å². The van der Waals surface area contributed by atoms with E-state index < -0.39 is 45.6 Å². The number of amides is 2. The lowest BCUT2D eigenvalue weighted by Crippen LogP contribution is -2.54. The third kappa shape index (κ3) is 2.27. The minimum Gasteiger partial charge on any atom is -0.302 e. The van der Waals surface area contributed by atoms with Crippen LogP contribution >= 0.6 is 11.6 Å². The Morgan fingerprint density at radius 3 is 2.12 bits per heavy atom. The Morgan fingerprint density at radius 2 is 1.55 bits per heavy atom. The highest BCUT2D eigenvalue weighted by atomic mass is 35.5. The van der Waals surface area contributed by atoms with Gasteiger partial charge in [0.25, 0.3) is 5.69 Å². The monoisotopic (exact) mass is 458 g/mol. The van der Waals surface area contributed by atoms with Crippen molar-refractivity contribution in [3.8, 4) is 0 Å². The summed E-state index contributed by atoms with van der Waals surface area (Å²) in [5, 5.41) is 11.3. The molecule has 0 spiro atoms. The van der Waals surface area contributed by atoms with Crippen LogP contribution < -0.4 is 4.90 Å². The molecule has 2 bridgehead atoms. The molecule has 0 saturated carbocycles. The summed E-state index contributed by atoms with van der Waals surface area (Å²) in [6, 6.07) is 18.7. The predicted octanol–water partition coefficient (Wildman–Crippen LogP) is 4.00. The maximum atomic E-state index is 13.8. The lowest BCUT2D eigenvalue weighted by molar-refractivity contribution is -0.384. The number of anilines is 1. The van der Waals surface area contributed by atoms with E-state index in [9.17, 15) is 24.5 Å². The first-order chi connectivity index (χ1) is 15.9. The first-order valence-corrected chi connectivity index (χ1v) is 10.8. The molecule has 2 atom stereocenters. The normalized spacial score (nSPS) is 26.6. The first-order valence-electron chi connectivity index (χ1n) is 10.4. The number of hydrogen-bond donors (Lipinski definition) is 0. The highest BCUT2D eigenvalue weighted by Crippen LogP contribution is 2.63. The van der Waals surface area contributed by atoms with E-state index in [-0.39, 0.29) is 10.7 Å². The van der Waals surface area contributed by atoms with Crippen LogP contribution in [-0.4, -0.2) is 23.0 Å². The van der Waals surface area contributed by atoms with E-state index in [1.54, 1.807) is 0 Å². The van der Waals surface area contributed by atoms with Crippen molar-refractivity contribution >= 4 is 41.1 Å². The second-order valence-corrected chi connectivity index (χ2v) is 8.95. The van der Waals surface area contributed by atoms with Crippen LogP contribution in [0.15, 0.2) is 66.7 Å². The van der Waals surface area contributed by atoms with Crippen LogP contribution in [0.3, 0.4) is 0 Å².